The lowest BCUT2D eigenvalue weighted by Gasteiger charge is -2.20. The Morgan fingerprint density at radius 1 is 0.341 bits per heavy atom. The van der Waals surface area contributed by atoms with Gasteiger partial charge in [0.1, 0.15) is 12.6 Å². The minimum absolute atomic E-state index is 0.0528. The number of aliphatic carboxylic acids is 1. The normalized spacial score (nSPS) is 15.1. The molecule has 1 unspecified atom stereocenters. The van der Waals surface area contributed by atoms with Crippen LogP contribution in [-0.4, -0.2) is 59.9 Å². The summed E-state index contributed by atoms with van der Waals surface area (Å²) in [5, 5.41) is 8.95. The van der Waals surface area contributed by atoms with E-state index in [4.69, 9.17) is 24.8 Å². The summed E-state index contributed by atoms with van der Waals surface area (Å²) >= 11 is 0. The van der Waals surface area contributed by atoms with Crippen LogP contribution in [0.5, 0.6) is 0 Å². The number of nitrogens with two attached hydrogens (primary N) is 1. The second-order valence-electron chi connectivity index (χ2n) is 18.8. The first-order valence-electron chi connectivity index (χ1n) is 30.1. The van der Waals surface area contributed by atoms with E-state index in [1.807, 2.05) is 44.2 Å². The van der Waals surface area contributed by atoms with Gasteiger partial charge in [-0.05, 0) is 136 Å². The van der Waals surface area contributed by atoms with E-state index in [-0.39, 0.29) is 12.8 Å². The van der Waals surface area contributed by atoms with Crippen molar-refractivity contribution in [2.45, 2.75) is 161 Å². The first kappa shape index (κ1) is 78.0. The fraction of sp³-hybridized carbons (Fsp3) is 0.384. The zero-order valence-electron chi connectivity index (χ0n) is 51.1. The van der Waals surface area contributed by atoms with Crippen LogP contribution in [0.1, 0.15) is 149 Å². The van der Waals surface area contributed by atoms with E-state index in [1.165, 1.54) is 0 Å². The number of carboxylic acid groups (broad SMARTS) is 1. The Morgan fingerprint density at radius 3 is 0.788 bits per heavy atom. The zero-order chi connectivity index (χ0) is 61.9. The third-order valence-corrected chi connectivity index (χ3v) is 12.2. The van der Waals surface area contributed by atoms with Crippen LogP contribution in [0, 0.1) is 0 Å². The molecule has 0 saturated carbocycles. The first-order valence-corrected chi connectivity index (χ1v) is 31.6. The Bertz CT molecular complexity index is 2420. The van der Waals surface area contributed by atoms with Gasteiger partial charge in [-0.2, -0.15) is 0 Å². The van der Waals surface area contributed by atoms with Gasteiger partial charge in [0.05, 0.1) is 26.1 Å². The number of allylic oxidation sites excluding steroid dienone is 40. The monoisotopic (exact) mass is 1180 g/mol. The molecule has 0 amide bonds. The molecule has 3 atom stereocenters. The number of ether oxygens (including phenoxy) is 2. The van der Waals surface area contributed by atoms with Crippen LogP contribution in [-0.2, 0) is 37.5 Å². The molecule has 0 aliphatic heterocycles. The summed E-state index contributed by atoms with van der Waals surface area (Å²) in [6.45, 7) is 2.13. The number of hydrogen-bond donors (Lipinski definition) is 3. The summed E-state index contributed by atoms with van der Waals surface area (Å²) in [6, 6.07) is -1.57. The number of carbonyl (C=O) groups is 3. The lowest BCUT2D eigenvalue weighted by molar-refractivity contribution is -0.160. The molecule has 0 radical (unpaired) electrons. The molecule has 85 heavy (non-hydrogen) atoms. The van der Waals surface area contributed by atoms with Crippen molar-refractivity contribution >= 4 is 25.7 Å². The van der Waals surface area contributed by atoms with Gasteiger partial charge < -0.3 is 25.2 Å². The van der Waals surface area contributed by atoms with Gasteiger partial charge >= 0.3 is 25.7 Å². The molecular formula is C73H102NO10P. The van der Waals surface area contributed by atoms with E-state index in [0.29, 0.717) is 12.8 Å². The van der Waals surface area contributed by atoms with Crippen LogP contribution in [0.4, 0.5) is 0 Å². The highest BCUT2D eigenvalue weighted by molar-refractivity contribution is 7.47. The molecule has 0 aromatic heterocycles. The second-order valence-corrected chi connectivity index (χ2v) is 20.2. The van der Waals surface area contributed by atoms with E-state index in [1.54, 1.807) is 18.2 Å². The Labute approximate surface area is 512 Å². The molecular weight excluding hydrogens is 1080 g/mol. The molecule has 0 fully saturated rings. The molecule has 0 aliphatic carbocycles. The molecule has 0 aliphatic rings. The fourth-order valence-corrected chi connectivity index (χ4v) is 7.42. The lowest BCUT2D eigenvalue weighted by Crippen LogP contribution is -2.34. The van der Waals surface area contributed by atoms with Crippen molar-refractivity contribution < 1.29 is 47.5 Å². The van der Waals surface area contributed by atoms with Gasteiger partial charge in [0.25, 0.3) is 0 Å². The summed E-state index contributed by atoms with van der Waals surface area (Å²) < 4.78 is 32.7. The summed E-state index contributed by atoms with van der Waals surface area (Å²) in [4.78, 5) is 46.3. The maximum absolute atomic E-state index is 12.7. The fourth-order valence-electron chi connectivity index (χ4n) is 6.64. The molecule has 11 nitrogen and oxygen atoms in total. The topological polar surface area (TPSA) is 172 Å². The molecule has 0 aromatic rings. The van der Waals surface area contributed by atoms with Gasteiger partial charge in [0, 0.05) is 0 Å². The third kappa shape index (κ3) is 62.9. The summed E-state index contributed by atoms with van der Waals surface area (Å²) in [6.07, 6.45) is 104. The predicted molar refractivity (Wildman–Crippen MR) is 358 cm³/mol. The Balaban J connectivity index is 4.50. The SMILES string of the molecule is CC=CCC=CCC=CCC=CCC=CCC=CCC=CCC=CCC=CCC=CCC=CCC(=O)OC[C@H](COP(=O)(O)OC[C@H](N)C(=O)O)OC(=O)CC=CCC=CCC=CCC=CCC=CCC=CCC=CCC=CCC=CCC=CC. The molecule has 0 saturated heterocycles. The molecule has 0 rings (SSSR count). The number of esters is 2. The van der Waals surface area contributed by atoms with Gasteiger partial charge in [-0.15, -0.1) is 0 Å². The van der Waals surface area contributed by atoms with Crippen molar-refractivity contribution in [3.05, 3.63) is 255 Å². The first-order chi connectivity index (χ1) is 41.6. The molecule has 0 heterocycles. The number of carbonyl (C=O) groups excluding carboxylic acids is 2. The van der Waals surface area contributed by atoms with Crippen molar-refractivity contribution in [3.63, 3.8) is 0 Å². The third-order valence-electron chi connectivity index (χ3n) is 11.3. The van der Waals surface area contributed by atoms with E-state index in [0.717, 1.165) is 109 Å². The minimum Gasteiger partial charge on any atom is -0.480 e. The van der Waals surface area contributed by atoms with Crippen LogP contribution in [0.25, 0.3) is 0 Å². The molecule has 464 valence electrons. The highest BCUT2D eigenvalue weighted by Crippen LogP contribution is 2.43. The average molecular weight is 1180 g/mol. The smallest absolute Gasteiger partial charge is 0.472 e. The van der Waals surface area contributed by atoms with Crippen LogP contribution < -0.4 is 5.73 Å². The standard InChI is InChI=1S/C73H102NO10P/c1-3-5-7-9-11-13-15-17-19-21-23-25-27-29-31-33-34-35-37-38-40-42-44-46-48-50-52-54-56-58-60-62-64-71(75)81-66-69(67-82-85(79,80)83-68-70(74)73(77)78)84-72(76)65-63-61-59-57-55-53-51-49-47-45-43-41-39-36-32-30-28-26-24-22-20-18-16-14-12-10-8-6-4-2/h3-6,9-12,15-18,21-24,27-30,33-34,36-39,42-45,48-51,54-57,60-63,69-70H,7-8,13-14,19-20,25-26,31-32,35,40-41,46-47,52-53,58-59,64-68,74H2,1-2H3,(H,77,78)(H,79,80)/t69-,70+/m1/s1. The maximum Gasteiger partial charge on any atom is 0.472 e. The summed E-state index contributed by atoms with van der Waals surface area (Å²) in [5.41, 5.74) is 5.35. The van der Waals surface area contributed by atoms with Crippen LogP contribution >= 0.6 is 7.82 Å². The van der Waals surface area contributed by atoms with Crippen molar-refractivity contribution in [2.75, 3.05) is 19.8 Å². The van der Waals surface area contributed by atoms with Gasteiger partial charge in [-0.1, -0.05) is 255 Å². The van der Waals surface area contributed by atoms with E-state index in [2.05, 4.69) is 211 Å². The molecule has 4 N–H and O–H groups in total. The van der Waals surface area contributed by atoms with Crippen molar-refractivity contribution in [1.29, 1.82) is 0 Å². The minimum atomic E-state index is -4.80. The zero-order valence-corrected chi connectivity index (χ0v) is 52.0. The summed E-state index contributed by atoms with van der Waals surface area (Å²) in [5.74, 6) is -2.74. The quantitative estimate of drug-likeness (QED) is 0.0301. The number of hydrogen-bond acceptors (Lipinski definition) is 9. The summed E-state index contributed by atoms with van der Waals surface area (Å²) in [7, 11) is -4.80. The maximum atomic E-state index is 12.7. The van der Waals surface area contributed by atoms with Crippen molar-refractivity contribution in [3.8, 4) is 0 Å². The van der Waals surface area contributed by atoms with Gasteiger partial charge in [-0.3, -0.25) is 23.4 Å². The van der Waals surface area contributed by atoms with E-state index < -0.39 is 57.7 Å². The van der Waals surface area contributed by atoms with E-state index >= 15 is 0 Å². The Kier molecular flexibility index (Phi) is 57.9. The molecule has 0 spiro atoms. The average Bonchev–Trinajstić information content (AvgIpc) is 3.50. The number of phosphoric acid groups is 1. The van der Waals surface area contributed by atoms with Gasteiger partial charge in [0.2, 0.25) is 0 Å². The molecule has 0 bridgehead atoms. The molecule has 0 aromatic carbocycles. The van der Waals surface area contributed by atoms with Gasteiger partial charge in [-0.25, -0.2) is 4.57 Å². The van der Waals surface area contributed by atoms with Gasteiger partial charge in [0.15, 0.2) is 6.10 Å². The van der Waals surface area contributed by atoms with Crippen molar-refractivity contribution in [1.82, 2.24) is 0 Å². The Morgan fingerprint density at radius 2 is 0.553 bits per heavy atom. The second kappa shape index (κ2) is 63.1. The number of carboxylic acids is 1. The molecule has 12 heteroatoms. The van der Waals surface area contributed by atoms with Crippen LogP contribution in [0.3, 0.4) is 0 Å². The van der Waals surface area contributed by atoms with E-state index in [9.17, 15) is 23.8 Å². The Hall–Kier alpha value is -6.98. The largest absolute Gasteiger partial charge is 0.480 e. The number of rotatable bonds is 52. The predicted octanol–water partition coefficient (Wildman–Crippen LogP) is 18.9. The number of phosphoric ester groups is 1. The van der Waals surface area contributed by atoms with Crippen LogP contribution in [0.15, 0.2) is 255 Å². The lowest BCUT2D eigenvalue weighted by atomic mass is 10.2. The van der Waals surface area contributed by atoms with Crippen LogP contribution in [0.2, 0.25) is 0 Å². The highest BCUT2D eigenvalue weighted by atomic mass is 31.2. The highest BCUT2D eigenvalue weighted by Gasteiger charge is 2.28. The van der Waals surface area contributed by atoms with Crippen molar-refractivity contribution in [2.24, 2.45) is 5.73 Å².